The molecular formula is C15H15N3. The number of nitrogens with zero attached hydrogens (tertiary/aromatic N) is 3. The van der Waals surface area contributed by atoms with Crippen molar-refractivity contribution in [3.8, 4) is 6.07 Å². The summed E-state index contributed by atoms with van der Waals surface area (Å²) < 4.78 is 2.31. The Labute approximate surface area is 106 Å². The normalized spacial score (nSPS) is 24.5. The third kappa shape index (κ3) is 1.26. The first-order valence-corrected chi connectivity index (χ1v) is 6.69. The van der Waals surface area contributed by atoms with E-state index in [1.54, 1.807) is 0 Å². The summed E-state index contributed by atoms with van der Waals surface area (Å²) in [5, 5.41) is 9.01. The van der Waals surface area contributed by atoms with Gasteiger partial charge in [0.2, 0.25) is 0 Å². The Morgan fingerprint density at radius 2 is 2.17 bits per heavy atom. The molecule has 18 heavy (non-hydrogen) atoms. The van der Waals surface area contributed by atoms with E-state index in [9.17, 15) is 0 Å². The summed E-state index contributed by atoms with van der Waals surface area (Å²) in [6.07, 6.45) is 8.77. The number of hydrogen-bond donors (Lipinski definition) is 0. The molecule has 2 fully saturated rings. The van der Waals surface area contributed by atoms with Crippen LogP contribution in [0.3, 0.4) is 0 Å². The molecule has 2 aliphatic carbocycles. The van der Waals surface area contributed by atoms with E-state index < -0.39 is 0 Å². The van der Waals surface area contributed by atoms with Crippen LogP contribution in [-0.4, -0.2) is 9.55 Å². The van der Waals surface area contributed by atoms with Crippen LogP contribution in [0.5, 0.6) is 0 Å². The van der Waals surface area contributed by atoms with Crippen LogP contribution in [-0.2, 0) is 0 Å². The molecule has 0 aliphatic heterocycles. The Hall–Kier alpha value is -1.82. The molecule has 2 aromatic rings. The maximum atomic E-state index is 9.01. The van der Waals surface area contributed by atoms with E-state index in [4.69, 9.17) is 5.26 Å². The van der Waals surface area contributed by atoms with E-state index >= 15 is 0 Å². The fraction of sp³-hybridized carbons (Fsp3) is 0.467. The van der Waals surface area contributed by atoms with E-state index in [0.717, 1.165) is 16.6 Å². The van der Waals surface area contributed by atoms with Gasteiger partial charge in [0.05, 0.1) is 29.0 Å². The average molecular weight is 237 g/mol. The third-order valence-electron chi connectivity index (χ3n) is 4.79. The molecule has 1 atom stereocenters. The number of rotatable bonds is 1. The summed E-state index contributed by atoms with van der Waals surface area (Å²) in [5.74, 6) is 0. The van der Waals surface area contributed by atoms with Crippen molar-refractivity contribution >= 4 is 11.0 Å². The van der Waals surface area contributed by atoms with E-state index in [1.165, 1.54) is 32.1 Å². The number of nitriles is 1. The minimum Gasteiger partial charge on any atom is -0.327 e. The van der Waals surface area contributed by atoms with Crippen LogP contribution in [0.15, 0.2) is 24.5 Å². The van der Waals surface area contributed by atoms with Gasteiger partial charge in [-0.2, -0.15) is 5.26 Å². The predicted octanol–water partition coefficient (Wildman–Crippen LogP) is 3.41. The molecule has 0 radical (unpaired) electrons. The van der Waals surface area contributed by atoms with Crippen LogP contribution in [0.2, 0.25) is 0 Å². The maximum Gasteiger partial charge on any atom is 0.0992 e. The Morgan fingerprint density at radius 3 is 2.94 bits per heavy atom. The molecule has 0 bridgehead atoms. The summed E-state index contributed by atoms with van der Waals surface area (Å²) in [6.45, 7) is 0. The Bertz CT molecular complexity index is 656. The van der Waals surface area contributed by atoms with Crippen molar-refractivity contribution < 1.29 is 0 Å². The fourth-order valence-corrected chi connectivity index (χ4v) is 3.68. The quantitative estimate of drug-likeness (QED) is 0.762. The van der Waals surface area contributed by atoms with Gasteiger partial charge in [-0.05, 0) is 42.9 Å². The molecule has 0 saturated heterocycles. The molecule has 0 N–H and O–H groups in total. The van der Waals surface area contributed by atoms with Gasteiger partial charge in [0.1, 0.15) is 0 Å². The molecule has 1 unspecified atom stereocenters. The molecule has 90 valence electrons. The molecule has 3 nitrogen and oxygen atoms in total. The van der Waals surface area contributed by atoms with Crippen molar-refractivity contribution in [1.82, 2.24) is 9.55 Å². The summed E-state index contributed by atoms with van der Waals surface area (Å²) in [4.78, 5) is 4.46. The van der Waals surface area contributed by atoms with Gasteiger partial charge in [0, 0.05) is 6.04 Å². The minimum atomic E-state index is 0.566. The smallest absolute Gasteiger partial charge is 0.0992 e. The highest BCUT2D eigenvalue weighted by Gasteiger charge is 2.56. The number of benzene rings is 1. The van der Waals surface area contributed by atoms with Crippen LogP contribution in [0.1, 0.15) is 43.7 Å². The van der Waals surface area contributed by atoms with Gasteiger partial charge in [-0.3, -0.25) is 0 Å². The van der Waals surface area contributed by atoms with Gasteiger partial charge in [-0.25, -0.2) is 4.98 Å². The van der Waals surface area contributed by atoms with Gasteiger partial charge < -0.3 is 4.57 Å². The van der Waals surface area contributed by atoms with E-state index in [2.05, 4.69) is 15.6 Å². The fourth-order valence-electron chi connectivity index (χ4n) is 3.68. The standard InChI is InChI=1S/C15H15N3/c16-9-11-3-4-12-13(7-11)18(10-17-12)14-8-15(14)5-1-2-6-15/h3-4,7,10,14H,1-2,5-6,8H2. The molecule has 1 heterocycles. The van der Waals surface area contributed by atoms with Crippen LogP contribution in [0.25, 0.3) is 11.0 Å². The lowest BCUT2D eigenvalue weighted by atomic mass is 10.1. The Kier molecular flexibility index (Phi) is 1.89. The zero-order chi connectivity index (χ0) is 12.2. The molecule has 1 spiro atoms. The van der Waals surface area contributed by atoms with Crippen LogP contribution < -0.4 is 0 Å². The first-order valence-electron chi connectivity index (χ1n) is 6.69. The van der Waals surface area contributed by atoms with E-state index in [0.29, 0.717) is 11.5 Å². The predicted molar refractivity (Wildman–Crippen MR) is 69.0 cm³/mol. The number of fused-ring (bicyclic) bond motifs is 1. The number of aromatic nitrogens is 2. The summed E-state index contributed by atoms with van der Waals surface area (Å²) in [6, 6.07) is 8.61. The zero-order valence-electron chi connectivity index (χ0n) is 10.3. The first kappa shape index (κ1) is 10.1. The third-order valence-corrected chi connectivity index (χ3v) is 4.79. The van der Waals surface area contributed by atoms with Gasteiger partial charge >= 0.3 is 0 Å². The lowest BCUT2D eigenvalue weighted by Gasteiger charge is -2.09. The largest absolute Gasteiger partial charge is 0.327 e. The average Bonchev–Trinajstić information content (AvgIpc) is 2.79. The summed E-state index contributed by atoms with van der Waals surface area (Å²) >= 11 is 0. The second kappa shape index (κ2) is 3.35. The lowest BCUT2D eigenvalue weighted by Crippen LogP contribution is -2.02. The van der Waals surface area contributed by atoms with Gasteiger partial charge in [0.25, 0.3) is 0 Å². The summed E-state index contributed by atoms with van der Waals surface area (Å²) in [5.41, 5.74) is 3.43. The topological polar surface area (TPSA) is 41.6 Å². The molecule has 2 aliphatic rings. The molecule has 2 saturated carbocycles. The molecule has 4 rings (SSSR count). The molecular weight excluding hydrogens is 222 g/mol. The lowest BCUT2D eigenvalue weighted by molar-refractivity contribution is 0.467. The summed E-state index contributed by atoms with van der Waals surface area (Å²) in [7, 11) is 0. The second-order valence-electron chi connectivity index (χ2n) is 5.76. The highest BCUT2D eigenvalue weighted by Crippen LogP contribution is 2.65. The van der Waals surface area contributed by atoms with Crippen molar-refractivity contribution in [2.24, 2.45) is 5.41 Å². The molecule has 0 amide bonds. The highest BCUT2D eigenvalue weighted by molar-refractivity contribution is 5.77. The van der Waals surface area contributed by atoms with E-state index in [1.807, 2.05) is 24.5 Å². The molecule has 1 aromatic carbocycles. The monoisotopic (exact) mass is 237 g/mol. The molecule has 1 aromatic heterocycles. The van der Waals surface area contributed by atoms with Crippen molar-refractivity contribution in [1.29, 1.82) is 5.26 Å². The van der Waals surface area contributed by atoms with Gasteiger partial charge in [0.15, 0.2) is 0 Å². The second-order valence-corrected chi connectivity index (χ2v) is 5.76. The van der Waals surface area contributed by atoms with Crippen LogP contribution in [0.4, 0.5) is 0 Å². The van der Waals surface area contributed by atoms with Crippen molar-refractivity contribution in [2.45, 2.75) is 38.1 Å². The first-order chi connectivity index (χ1) is 8.82. The Morgan fingerprint density at radius 1 is 1.33 bits per heavy atom. The van der Waals surface area contributed by atoms with Crippen LogP contribution >= 0.6 is 0 Å². The zero-order valence-corrected chi connectivity index (χ0v) is 10.3. The van der Waals surface area contributed by atoms with Crippen molar-refractivity contribution in [3.63, 3.8) is 0 Å². The van der Waals surface area contributed by atoms with Crippen molar-refractivity contribution in [3.05, 3.63) is 30.1 Å². The van der Waals surface area contributed by atoms with E-state index in [-0.39, 0.29) is 0 Å². The SMILES string of the molecule is N#Cc1ccc2ncn(C3CC34CCCC4)c2c1. The van der Waals surface area contributed by atoms with Crippen molar-refractivity contribution in [2.75, 3.05) is 0 Å². The van der Waals surface area contributed by atoms with Gasteiger partial charge in [-0.1, -0.05) is 12.8 Å². The number of imidazole rings is 1. The maximum absolute atomic E-state index is 9.01. The van der Waals surface area contributed by atoms with Gasteiger partial charge in [-0.15, -0.1) is 0 Å². The number of hydrogen-bond acceptors (Lipinski definition) is 2. The minimum absolute atomic E-state index is 0.566. The Balaban J connectivity index is 1.80. The highest BCUT2D eigenvalue weighted by atomic mass is 15.1. The molecule has 3 heteroatoms. The van der Waals surface area contributed by atoms with Crippen LogP contribution in [0, 0.1) is 16.7 Å².